The minimum absolute atomic E-state index is 0.264. The molecule has 0 atom stereocenters. The SMILES string of the molecule is O=C(O)C=Cc1ccc(Cn2cccn2)cc1C(=O)NCc1cccc2ccccc12. The van der Waals surface area contributed by atoms with E-state index in [0.29, 0.717) is 24.2 Å². The number of carbonyl (C=O) groups is 2. The van der Waals surface area contributed by atoms with Gasteiger partial charge in [-0.15, -0.1) is 0 Å². The fourth-order valence-electron chi connectivity index (χ4n) is 3.50. The van der Waals surface area contributed by atoms with Gasteiger partial charge in [0.15, 0.2) is 0 Å². The van der Waals surface area contributed by atoms with Gasteiger partial charge in [0, 0.05) is 30.6 Å². The van der Waals surface area contributed by atoms with E-state index in [9.17, 15) is 9.59 Å². The summed E-state index contributed by atoms with van der Waals surface area (Å²) >= 11 is 0. The average molecular weight is 411 g/mol. The van der Waals surface area contributed by atoms with Crippen LogP contribution < -0.4 is 5.32 Å². The van der Waals surface area contributed by atoms with E-state index in [1.807, 2.05) is 60.8 Å². The molecule has 0 saturated carbocycles. The number of carboxylic acid groups (broad SMARTS) is 1. The summed E-state index contributed by atoms with van der Waals surface area (Å²) in [5, 5.41) is 18.4. The summed E-state index contributed by atoms with van der Waals surface area (Å²) < 4.78 is 1.76. The molecule has 0 aliphatic heterocycles. The molecule has 0 spiro atoms. The van der Waals surface area contributed by atoms with Gasteiger partial charge in [-0.3, -0.25) is 9.48 Å². The van der Waals surface area contributed by atoms with Crippen molar-refractivity contribution < 1.29 is 14.7 Å². The average Bonchev–Trinajstić information content (AvgIpc) is 3.29. The molecule has 1 amide bonds. The molecule has 0 bridgehead atoms. The maximum absolute atomic E-state index is 13.1. The quantitative estimate of drug-likeness (QED) is 0.448. The summed E-state index contributed by atoms with van der Waals surface area (Å²) in [4.78, 5) is 24.0. The highest BCUT2D eigenvalue weighted by molar-refractivity contribution is 5.99. The van der Waals surface area contributed by atoms with Gasteiger partial charge in [0.1, 0.15) is 0 Å². The van der Waals surface area contributed by atoms with Crippen LogP contribution in [-0.2, 0) is 17.9 Å². The van der Waals surface area contributed by atoms with Crippen LogP contribution in [0.15, 0.2) is 85.2 Å². The number of nitrogens with zero attached hydrogens (tertiary/aromatic N) is 2. The van der Waals surface area contributed by atoms with Crippen LogP contribution in [-0.4, -0.2) is 26.8 Å². The molecule has 0 radical (unpaired) electrons. The van der Waals surface area contributed by atoms with Crippen LogP contribution in [0, 0.1) is 0 Å². The fourth-order valence-corrected chi connectivity index (χ4v) is 3.50. The lowest BCUT2D eigenvalue weighted by molar-refractivity contribution is -0.131. The number of carboxylic acids is 1. The van der Waals surface area contributed by atoms with E-state index >= 15 is 0 Å². The van der Waals surface area contributed by atoms with Crippen LogP contribution in [0.4, 0.5) is 0 Å². The van der Waals surface area contributed by atoms with E-state index < -0.39 is 5.97 Å². The van der Waals surface area contributed by atoms with Gasteiger partial charge in [-0.25, -0.2) is 4.79 Å². The summed E-state index contributed by atoms with van der Waals surface area (Å²) in [6.07, 6.45) is 6.01. The molecule has 1 heterocycles. The number of amides is 1. The number of rotatable bonds is 7. The molecular weight excluding hydrogens is 390 g/mol. The Kier molecular flexibility index (Phi) is 5.89. The molecule has 154 valence electrons. The maximum Gasteiger partial charge on any atom is 0.328 e. The van der Waals surface area contributed by atoms with Gasteiger partial charge in [-0.2, -0.15) is 5.10 Å². The van der Waals surface area contributed by atoms with Crippen molar-refractivity contribution in [1.82, 2.24) is 15.1 Å². The Morgan fingerprint density at radius 1 is 1.03 bits per heavy atom. The van der Waals surface area contributed by atoms with Crippen molar-refractivity contribution in [3.05, 3.63) is 107 Å². The molecule has 0 aliphatic carbocycles. The van der Waals surface area contributed by atoms with Crippen LogP contribution in [0.25, 0.3) is 16.8 Å². The van der Waals surface area contributed by atoms with E-state index in [0.717, 1.165) is 28.0 Å². The molecule has 3 aromatic carbocycles. The van der Waals surface area contributed by atoms with Gasteiger partial charge < -0.3 is 10.4 Å². The summed E-state index contributed by atoms with van der Waals surface area (Å²) in [7, 11) is 0. The highest BCUT2D eigenvalue weighted by atomic mass is 16.4. The third-order valence-corrected chi connectivity index (χ3v) is 4.99. The molecule has 0 fully saturated rings. The van der Waals surface area contributed by atoms with Gasteiger partial charge in [0.05, 0.1) is 6.54 Å². The topological polar surface area (TPSA) is 84.2 Å². The van der Waals surface area contributed by atoms with Crippen molar-refractivity contribution in [3.8, 4) is 0 Å². The Balaban J connectivity index is 1.60. The minimum Gasteiger partial charge on any atom is -0.478 e. The number of carbonyl (C=O) groups excluding carboxylic acids is 1. The van der Waals surface area contributed by atoms with E-state index in [-0.39, 0.29) is 5.91 Å². The number of benzene rings is 3. The molecule has 1 aromatic heterocycles. The number of aliphatic carboxylic acids is 1. The Morgan fingerprint density at radius 2 is 1.87 bits per heavy atom. The normalized spacial score (nSPS) is 11.1. The molecule has 0 aliphatic rings. The second-order valence-corrected chi connectivity index (χ2v) is 7.12. The lowest BCUT2D eigenvalue weighted by atomic mass is 10.0. The number of aromatic nitrogens is 2. The van der Waals surface area contributed by atoms with Crippen molar-refractivity contribution in [2.75, 3.05) is 0 Å². The van der Waals surface area contributed by atoms with E-state index in [2.05, 4.69) is 10.4 Å². The summed E-state index contributed by atoms with van der Waals surface area (Å²) in [6.45, 7) is 0.880. The highest BCUT2D eigenvalue weighted by Crippen LogP contribution is 2.19. The molecule has 31 heavy (non-hydrogen) atoms. The third-order valence-electron chi connectivity index (χ3n) is 4.99. The van der Waals surface area contributed by atoms with Crippen molar-refractivity contribution >= 4 is 28.7 Å². The van der Waals surface area contributed by atoms with Gasteiger partial charge in [-0.1, -0.05) is 54.6 Å². The second kappa shape index (κ2) is 9.09. The van der Waals surface area contributed by atoms with Gasteiger partial charge in [0.2, 0.25) is 0 Å². The predicted molar refractivity (Wildman–Crippen MR) is 120 cm³/mol. The van der Waals surface area contributed by atoms with Crippen molar-refractivity contribution in [1.29, 1.82) is 0 Å². The number of hydrogen-bond acceptors (Lipinski definition) is 3. The predicted octanol–water partition coefficient (Wildman–Crippen LogP) is 4.11. The van der Waals surface area contributed by atoms with Crippen molar-refractivity contribution in [2.45, 2.75) is 13.1 Å². The lowest BCUT2D eigenvalue weighted by Crippen LogP contribution is -2.24. The molecule has 4 rings (SSSR count). The Morgan fingerprint density at radius 3 is 2.68 bits per heavy atom. The van der Waals surface area contributed by atoms with Gasteiger partial charge >= 0.3 is 5.97 Å². The summed E-state index contributed by atoms with van der Waals surface area (Å²) in [5.41, 5.74) is 2.87. The molecule has 4 aromatic rings. The second-order valence-electron chi connectivity index (χ2n) is 7.12. The molecule has 0 saturated heterocycles. The van der Waals surface area contributed by atoms with Gasteiger partial charge in [0.25, 0.3) is 5.91 Å². The first-order valence-electron chi connectivity index (χ1n) is 9.86. The maximum atomic E-state index is 13.1. The first kappa shape index (κ1) is 20.1. The molecule has 6 nitrogen and oxygen atoms in total. The summed E-state index contributed by atoms with van der Waals surface area (Å²) in [5.74, 6) is -1.33. The van der Waals surface area contributed by atoms with E-state index in [4.69, 9.17) is 5.11 Å². The zero-order valence-electron chi connectivity index (χ0n) is 16.7. The standard InChI is InChI=1S/C25H21N3O3/c29-24(30)12-11-20-10-9-18(17-28-14-4-13-27-28)15-23(20)25(31)26-16-21-7-3-6-19-5-1-2-8-22(19)21/h1-15H,16-17H2,(H,26,31)(H,29,30). The van der Waals surface area contributed by atoms with E-state index in [1.165, 1.54) is 6.08 Å². The third kappa shape index (κ3) is 4.87. The molecule has 6 heteroatoms. The molecule has 2 N–H and O–H groups in total. The fraction of sp³-hybridized carbons (Fsp3) is 0.0800. The number of fused-ring (bicyclic) bond motifs is 1. The first-order chi connectivity index (χ1) is 15.1. The van der Waals surface area contributed by atoms with Crippen LogP contribution in [0.5, 0.6) is 0 Å². The van der Waals surface area contributed by atoms with E-state index in [1.54, 1.807) is 23.0 Å². The number of hydrogen-bond donors (Lipinski definition) is 2. The van der Waals surface area contributed by atoms with Crippen molar-refractivity contribution in [2.24, 2.45) is 0 Å². The number of nitrogens with one attached hydrogen (secondary N) is 1. The zero-order valence-corrected chi connectivity index (χ0v) is 16.7. The van der Waals surface area contributed by atoms with Crippen LogP contribution in [0.3, 0.4) is 0 Å². The lowest BCUT2D eigenvalue weighted by Gasteiger charge is -2.12. The summed E-state index contributed by atoms with van der Waals surface area (Å²) in [6, 6.07) is 21.2. The van der Waals surface area contributed by atoms with Crippen LogP contribution >= 0.6 is 0 Å². The monoisotopic (exact) mass is 411 g/mol. The van der Waals surface area contributed by atoms with Crippen LogP contribution in [0.1, 0.15) is 27.0 Å². The largest absolute Gasteiger partial charge is 0.478 e. The first-order valence-corrected chi connectivity index (χ1v) is 9.86. The Labute approximate surface area is 179 Å². The Hall–Kier alpha value is -4.19. The van der Waals surface area contributed by atoms with Gasteiger partial charge in [-0.05, 0) is 45.7 Å². The molecular formula is C25H21N3O3. The zero-order chi connectivity index (χ0) is 21.6. The van der Waals surface area contributed by atoms with Crippen LogP contribution in [0.2, 0.25) is 0 Å². The Bertz CT molecular complexity index is 1260. The highest BCUT2D eigenvalue weighted by Gasteiger charge is 2.12. The molecule has 0 unspecified atom stereocenters. The van der Waals surface area contributed by atoms with Crippen molar-refractivity contribution in [3.63, 3.8) is 0 Å². The smallest absolute Gasteiger partial charge is 0.328 e. The minimum atomic E-state index is -1.07.